The Morgan fingerprint density at radius 3 is 2.24 bits per heavy atom. The number of ether oxygens (including phenoxy) is 1. The number of esters is 1. The van der Waals surface area contributed by atoms with Crippen molar-refractivity contribution < 1.29 is 19.1 Å². The molecule has 0 saturated heterocycles. The number of rotatable bonds is 6. The minimum absolute atomic E-state index is 0.181. The molecule has 2 rings (SSSR count). The minimum atomic E-state index is -0.779. The summed E-state index contributed by atoms with van der Waals surface area (Å²) >= 11 is 3.29. The Bertz CT molecular complexity index is 802. The van der Waals surface area contributed by atoms with E-state index in [0.29, 0.717) is 11.1 Å². The van der Waals surface area contributed by atoms with Gasteiger partial charge in [-0.15, -0.1) is 0 Å². The zero-order chi connectivity index (χ0) is 18.2. The van der Waals surface area contributed by atoms with Crippen molar-refractivity contribution in [2.24, 2.45) is 5.10 Å². The number of hydrogen-bond acceptors (Lipinski definition) is 5. The molecule has 25 heavy (non-hydrogen) atoms. The van der Waals surface area contributed by atoms with Crippen molar-refractivity contribution in [3.05, 3.63) is 70.2 Å². The molecule has 0 heterocycles. The fourth-order valence-corrected chi connectivity index (χ4v) is 2.20. The van der Waals surface area contributed by atoms with Crippen molar-refractivity contribution in [2.45, 2.75) is 6.42 Å². The number of amides is 1. The van der Waals surface area contributed by atoms with Crippen LogP contribution >= 0.6 is 15.9 Å². The van der Waals surface area contributed by atoms with Crippen molar-refractivity contribution in [1.82, 2.24) is 5.43 Å². The highest BCUT2D eigenvalue weighted by atomic mass is 79.9. The topological polar surface area (TPSA) is 84.8 Å². The van der Waals surface area contributed by atoms with E-state index in [4.69, 9.17) is 0 Å². The van der Waals surface area contributed by atoms with Crippen molar-refractivity contribution in [1.29, 1.82) is 0 Å². The van der Waals surface area contributed by atoms with Gasteiger partial charge in [0.1, 0.15) is 0 Å². The maximum atomic E-state index is 12.3. The highest BCUT2D eigenvalue weighted by Crippen LogP contribution is 2.12. The lowest BCUT2D eigenvalue weighted by Gasteiger charge is -2.06. The predicted octanol–water partition coefficient (Wildman–Crippen LogP) is 2.98. The largest absolute Gasteiger partial charge is 0.464 e. The lowest BCUT2D eigenvalue weighted by atomic mass is 10.1. The predicted molar refractivity (Wildman–Crippen MR) is 96.4 cm³/mol. The summed E-state index contributed by atoms with van der Waals surface area (Å²) in [5, 5.41) is 3.77. The number of nitrogens with zero attached hydrogens (tertiary/aromatic N) is 1. The molecule has 0 aromatic heterocycles. The minimum Gasteiger partial charge on any atom is -0.464 e. The van der Waals surface area contributed by atoms with E-state index in [-0.39, 0.29) is 17.9 Å². The SMILES string of the molecule is COC(=O)/C(CC(=O)c1ccc(Br)cc1)=N/NC(=O)c1ccccc1. The van der Waals surface area contributed by atoms with E-state index in [9.17, 15) is 14.4 Å². The zero-order valence-corrected chi connectivity index (χ0v) is 14.9. The number of halogens is 1. The lowest BCUT2D eigenvalue weighted by molar-refractivity contribution is -0.132. The Morgan fingerprint density at radius 2 is 1.64 bits per heavy atom. The highest BCUT2D eigenvalue weighted by Gasteiger charge is 2.18. The summed E-state index contributed by atoms with van der Waals surface area (Å²) in [6, 6.07) is 15.1. The maximum absolute atomic E-state index is 12.3. The molecule has 0 spiro atoms. The maximum Gasteiger partial charge on any atom is 0.354 e. The average molecular weight is 403 g/mol. The third-order valence-corrected chi connectivity index (χ3v) is 3.77. The first-order chi connectivity index (χ1) is 12.0. The second-order valence-electron chi connectivity index (χ2n) is 4.96. The standard InChI is InChI=1S/C18H15BrN2O4/c1-25-18(24)15(11-16(22)12-7-9-14(19)10-8-12)20-21-17(23)13-5-3-2-4-6-13/h2-10H,11H2,1H3,(H,21,23)/b20-15+. The van der Waals surface area contributed by atoms with Gasteiger partial charge in [0, 0.05) is 15.6 Å². The number of Topliss-reactive ketones (excluding diaryl/α,β-unsaturated/α-hetero) is 1. The summed E-state index contributed by atoms with van der Waals surface area (Å²) < 4.78 is 5.46. The van der Waals surface area contributed by atoms with Crippen LogP contribution in [0.3, 0.4) is 0 Å². The molecular formula is C18H15BrN2O4. The van der Waals surface area contributed by atoms with Gasteiger partial charge in [-0.1, -0.05) is 46.3 Å². The Morgan fingerprint density at radius 1 is 1.00 bits per heavy atom. The van der Waals surface area contributed by atoms with Gasteiger partial charge >= 0.3 is 5.97 Å². The van der Waals surface area contributed by atoms with Gasteiger partial charge in [-0.05, 0) is 24.3 Å². The van der Waals surface area contributed by atoms with Crippen LogP contribution in [0.2, 0.25) is 0 Å². The molecule has 2 aromatic rings. The average Bonchev–Trinajstić information content (AvgIpc) is 2.65. The highest BCUT2D eigenvalue weighted by molar-refractivity contribution is 9.10. The summed E-state index contributed by atoms with van der Waals surface area (Å²) in [5.74, 6) is -1.58. The molecule has 6 nitrogen and oxygen atoms in total. The normalized spacial score (nSPS) is 10.9. The van der Waals surface area contributed by atoms with Crippen LogP contribution in [0, 0.1) is 0 Å². The Labute approximate surface area is 153 Å². The van der Waals surface area contributed by atoms with E-state index >= 15 is 0 Å². The molecule has 1 amide bonds. The molecule has 0 unspecified atom stereocenters. The fourth-order valence-electron chi connectivity index (χ4n) is 1.94. The van der Waals surface area contributed by atoms with Gasteiger partial charge in [-0.25, -0.2) is 10.2 Å². The first kappa shape index (κ1) is 18.5. The second-order valence-corrected chi connectivity index (χ2v) is 5.88. The molecule has 0 radical (unpaired) electrons. The van der Waals surface area contributed by atoms with Gasteiger partial charge in [0.2, 0.25) is 0 Å². The number of ketones is 1. The summed E-state index contributed by atoms with van der Waals surface area (Å²) in [6.45, 7) is 0. The van der Waals surface area contributed by atoms with Crippen LogP contribution in [0.25, 0.3) is 0 Å². The van der Waals surface area contributed by atoms with E-state index < -0.39 is 11.9 Å². The third-order valence-electron chi connectivity index (χ3n) is 3.24. The van der Waals surface area contributed by atoms with Gasteiger partial charge in [0.25, 0.3) is 5.91 Å². The van der Waals surface area contributed by atoms with Crippen molar-refractivity contribution >= 4 is 39.3 Å². The third kappa shape index (κ3) is 5.36. The molecule has 7 heteroatoms. The first-order valence-corrected chi connectivity index (χ1v) is 8.09. The van der Waals surface area contributed by atoms with Crippen LogP contribution in [0.1, 0.15) is 27.1 Å². The van der Waals surface area contributed by atoms with Crippen molar-refractivity contribution in [3.8, 4) is 0 Å². The second kappa shape index (κ2) is 8.89. The fraction of sp³-hybridized carbons (Fsp3) is 0.111. The van der Waals surface area contributed by atoms with E-state index in [1.807, 2.05) is 0 Å². The van der Waals surface area contributed by atoms with Crippen LogP contribution in [0.15, 0.2) is 64.2 Å². The van der Waals surface area contributed by atoms with E-state index in [1.54, 1.807) is 54.6 Å². The number of carbonyl (C=O) groups excluding carboxylic acids is 3. The van der Waals surface area contributed by atoms with E-state index in [1.165, 1.54) is 7.11 Å². The summed E-state index contributed by atoms with van der Waals surface area (Å²) in [4.78, 5) is 36.1. The van der Waals surface area contributed by atoms with Gasteiger partial charge < -0.3 is 4.74 Å². The summed E-state index contributed by atoms with van der Waals surface area (Å²) in [7, 11) is 1.18. The number of benzene rings is 2. The van der Waals surface area contributed by atoms with Gasteiger partial charge in [0.05, 0.1) is 13.5 Å². The molecule has 2 aromatic carbocycles. The van der Waals surface area contributed by atoms with Crippen LogP contribution in [-0.4, -0.2) is 30.5 Å². The number of methoxy groups -OCH3 is 1. The molecule has 0 bridgehead atoms. The molecule has 0 saturated carbocycles. The molecule has 0 atom stereocenters. The molecular weight excluding hydrogens is 388 g/mol. The van der Waals surface area contributed by atoms with Gasteiger partial charge in [-0.3, -0.25) is 9.59 Å². The van der Waals surface area contributed by atoms with Crippen molar-refractivity contribution in [3.63, 3.8) is 0 Å². The van der Waals surface area contributed by atoms with Crippen LogP contribution in [0.5, 0.6) is 0 Å². The number of hydrazone groups is 1. The smallest absolute Gasteiger partial charge is 0.354 e. The number of nitrogens with one attached hydrogen (secondary N) is 1. The lowest BCUT2D eigenvalue weighted by Crippen LogP contribution is -2.26. The molecule has 0 aliphatic rings. The number of hydrogen-bond donors (Lipinski definition) is 1. The first-order valence-electron chi connectivity index (χ1n) is 7.30. The van der Waals surface area contributed by atoms with Crippen LogP contribution in [-0.2, 0) is 9.53 Å². The molecule has 1 N–H and O–H groups in total. The van der Waals surface area contributed by atoms with Crippen LogP contribution in [0.4, 0.5) is 0 Å². The van der Waals surface area contributed by atoms with Crippen molar-refractivity contribution in [2.75, 3.05) is 7.11 Å². The summed E-state index contributed by atoms with van der Waals surface area (Å²) in [5.41, 5.74) is 2.90. The van der Waals surface area contributed by atoms with Gasteiger partial charge in [-0.2, -0.15) is 5.10 Å². The number of carbonyl (C=O) groups is 3. The zero-order valence-electron chi connectivity index (χ0n) is 13.4. The van der Waals surface area contributed by atoms with Gasteiger partial charge in [0.15, 0.2) is 11.5 Å². The Kier molecular flexibility index (Phi) is 6.59. The Hall–Kier alpha value is -2.80. The molecule has 0 fully saturated rings. The Balaban J connectivity index is 2.12. The monoisotopic (exact) mass is 402 g/mol. The van der Waals surface area contributed by atoms with Crippen LogP contribution < -0.4 is 5.43 Å². The molecule has 128 valence electrons. The van der Waals surface area contributed by atoms with E-state index in [0.717, 1.165) is 4.47 Å². The summed E-state index contributed by atoms with van der Waals surface area (Å²) in [6.07, 6.45) is -0.288. The van der Waals surface area contributed by atoms with E-state index in [2.05, 4.69) is 31.2 Å². The quantitative estimate of drug-likeness (QED) is 0.348. The molecule has 0 aliphatic heterocycles. The molecule has 0 aliphatic carbocycles.